The van der Waals surface area contributed by atoms with Gasteiger partial charge in [0.25, 0.3) is 0 Å². The molecule has 0 heterocycles. The second-order valence-corrected chi connectivity index (χ2v) is 1.84. The van der Waals surface area contributed by atoms with Gasteiger partial charge in [-0.2, -0.15) is 0 Å². The van der Waals surface area contributed by atoms with Crippen LogP contribution in [0.4, 0.5) is 0 Å². The van der Waals surface area contributed by atoms with Crippen molar-refractivity contribution in [3.63, 3.8) is 0 Å². The summed E-state index contributed by atoms with van der Waals surface area (Å²) >= 11 is 0. The summed E-state index contributed by atoms with van der Waals surface area (Å²) in [6.45, 7) is 9.20. The van der Waals surface area contributed by atoms with Crippen LogP contribution in [0.3, 0.4) is 0 Å². The molecule has 0 unspecified atom stereocenters. The van der Waals surface area contributed by atoms with E-state index in [0.717, 1.165) is 5.70 Å². The fraction of sp³-hybridized carbons (Fsp3) is 0.250. The minimum atomic E-state index is 1.14. The summed E-state index contributed by atoms with van der Waals surface area (Å²) in [5.41, 5.74) is 1.14. The average Bonchev–Trinajstić information content (AvgIpc) is 1.87. The van der Waals surface area contributed by atoms with Gasteiger partial charge in [-0.3, -0.25) is 0 Å². The first-order valence-electron chi connectivity index (χ1n) is 2.87. The van der Waals surface area contributed by atoms with Gasteiger partial charge < -0.3 is 4.90 Å². The zero-order valence-electron chi connectivity index (χ0n) is 6.09. The van der Waals surface area contributed by atoms with Gasteiger partial charge in [-0.25, -0.2) is 0 Å². The highest BCUT2D eigenvalue weighted by atomic mass is 15.1. The molecule has 0 fully saturated rings. The van der Waals surface area contributed by atoms with E-state index in [1.807, 2.05) is 24.9 Å². The molecular formula is C8H13N. The molecule has 50 valence electrons. The lowest BCUT2D eigenvalue weighted by molar-refractivity contribution is 0.572. The van der Waals surface area contributed by atoms with Crippen molar-refractivity contribution in [2.24, 2.45) is 0 Å². The van der Waals surface area contributed by atoms with Crippen LogP contribution in [-0.4, -0.2) is 11.9 Å². The molecule has 1 heteroatoms. The Kier molecular flexibility index (Phi) is 3.52. The summed E-state index contributed by atoms with van der Waals surface area (Å²) in [7, 11) is 1.95. The second-order valence-electron chi connectivity index (χ2n) is 1.84. The lowest BCUT2D eigenvalue weighted by atomic mass is 10.4. The van der Waals surface area contributed by atoms with E-state index in [1.165, 1.54) is 0 Å². The molecule has 0 atom stereocenters. The van der Waals surface area contributed by atoms with Gasteiger partial charge >= 0.3 is 0 Å². The third-order valence-corrected chi connectivity index (χ3v) is 1.19. The molecule has 0 spiro atoms. The van der Waals surface area contributed by atoms with E-state index in [0.29, 0.717) is 0 Å². The molecule has 0 saturated carbocycles. The molecule has 0 amide bonds. The van der Waals surface area contributed by atoms with Crippen LogP contribution in [0.5, 0.6) is 0 Å². The molecule has 0 aromatic rings. The molecule has 0 aromatic heterocycles. The van der Waals surface area contributed by atoms with Gasteiger partial charge in [0.2, 0.25) is 0 Å². The van der Waals surface area contributed by atoms with Gasteiger partial charge in [0, 0.05) is 12.7 Å². The van der Waals surface area contributed by atoms with Crippen molar-refractivity contribution in [1.82, 2.24) is 4.90 Å². The van der Waals surface area contributed by atoms with E-state index >= 15 is 0 Å². The highest BCUT2D eigenvalue weighted by Gasteiger charge is 1.87. The zero-order valence-corrected chi connectivity index (χ0v) is 6.09. The predicted octanol–water partition coefficient (Wildman–Crippen LogP) is 2.15. The molecule has 0 aliphatic heterocycles. The Morgan fingerprint density at radius 2 is 2.00 bits per heavy atom. The maximum atomic E-state index is 3.61. The summed E-state index contributed by atoms with van der Waals surface area (Å²) in [5.74, 6) is 0. The lowest BCUT2D eigenvalue weighted by Crippen LogP contribution is -2.05. The number of hydrogen-bond acceptors (Lipinski definition) is 1. The topological polar surface area (TPSA) is 3.24 Å². The van der Waals surface area contributed by atoms with Crippen LogP contribution in [-0.2, 0) is 0 Å². The molecule has 0 bridgehead atoms. The van der Waals surface area contributed by atoms with E-state index in [1.54, 1.807) is 12.3 Å². The molecule has 0 N–H and O–H groups in total. The van der Waals surface area contributed by atoms with Gasteiger partial charge in [0.05, 0.1) is 0 Å². The maximum absolute atomic E-state index is 3.61. The van der Waals surface area contributed by atoms with Crippen LogP contribution in [0.1, 0.15) is 6.92 Å². The quantitative estimate of drug-likeness (QED) is 0.520. The average molecular weight is 123 g/mol. The highest BCUT2D eigenvalue weighted by Crippen LogP contribution is 1.98. The Bertz CT molecular complexity index is 134. The first kappa shape index (κ1) is 8.02. The van der Waals surface area contributed by atoms with E-state index < -0.39 is 0 Å². The Balaban J connectivity index is 3.99. The zero-order chi connectivity index (χ0) is 7.28. The first-order chi connectivity index (χ1) is 4.22. The summed E-state index contributed by atoms with van der Waals surface area (Å²) in [5, 5.41) is 0. The van der Waals surface area contributed by atoms with Crippen molar-refractivity contribution in [1.29, 1.82) is 0 Å². The Morgan fingerprint density at radius 1 is 1.44 bits per heavy atom. The summed E-state index contributed by atoms with van der Waals surface area (Å²) in [6.07, 6.45) is 5.45. The number of nitrogens with zero attached hydrogens (tertiary/aromatic N) is 1. The second kappa shape index (κ2) is 3.96. The first-order valence-corrected chi connectivity index (χ1v) is 2.87. The maximum Gasteiger partial charge on any atom is 0.0139 e. The van der Waals surface area contributed by atoms with Crippen LogP contribution in [0, 0.1) is 0 Å². The van der Waals surface area contributed by atoms with Crippen molar-refractivity contribution in [3.05, 3.63) is 37.2 Å². The predicted molar refractivity (Wildman–Crippen MR) is 41.9 cm³/mol. The Labute approximate surface area is 57.0 Å². The standard InChI is InChI=1S/C8H13N/c1-5-7-8(3)9(4)6-2/h5-7H,1-2H2,3-4H3/b8-7+. The summed E-state index contributed by atoms with van der Waals surface area (Å²) < 4.78 is 0. The van der Waals surface area contributed by atoms with Crippen molar-refractivity contribution in [2.75, 3.05) is 7.05 Å². The smallest absolute Gasteiger partial charge is 0.0139 e. The molecular weight excluding hydrogens is 110 g/mol. The third kappa shape index (κ3) is 2.75. The van der Waals surface area contributed by atoms with Crippen molar-refractivity contribution < 1.29 is 0 Å². The molecule has 0 rings (SSSR count). The highest BCUT2D eigenvalue weighted by molar-refractivity contribution is 5.08. The van der Waals surface area contributed by atoms with Crippen LogP contribution < -0.4 is 0 Å². The van der Waals surface area contributed by atoms with Gasteiger partial charge in [-0.15, -0.1) is 0 Å². The fourth-order valence-corrected chi connectivity index (χ4v) is 0.432. The lowest BCUT2D eigenvalue weighted by Gasteiger charge is -2.12. The molecule has 9 heavy (non-hydrogen) atoms. The molecule has 0 aliphatic carbocycles. The number of hydrogen-bond donors (Lipinski definition) is 0. The van der Waals surface area contributed by atoms with E-state index in [2.05, 4.69) is 13.2 Å². The van der Waals surface area contributed by atoms with E-state index in [-0.39, 0.29) is 0 Å². The Morgan fingerprint density at radius 3 is 2.33 bits per heavy atom. The summed E-state index contributed by atoms with van der Waals surface area (Å²) in [4.78, 5) is 1.93. The van der Waals surface area contributed by atoms with Gasteiger partial charge in [-0.1, -0.05) is 19.2 Å². The fourth-order valence-electron chi connectivity index (χ4n) is 0.432. The molecule has 0 saturated heterocycles. The summed E-state index contributed by atoms with van der Waals surface area (Å²) in [6, 6.07) is 0. The van der Waals surface area contributed by atoms with Crippen molar-refractivity contribution in [2.45, 2.75) is 6.92 Å². The molecule has 0 aromatic carbocycles. The van der Waals surface area contributed by atoms with Gasteiger partial charge in [0.15, 0.2) is 0 Å². The minimum Gasteiger partial charge on any atom is -0.355 e. The van der Waals surface area contributed by atoms with Crippen LogP contribution in [0.25, 0.3) is 0 Å². The van der Waals surface area contributed by atoms with Crippen molar-refractivity contribution >= 4 is 0 Å². The SMILES string of the molecule is C=C/C=C(\C)N(C)C=C. The van der Waals surface area contributed by atoms with Crippen LogP contribution >= 0.6 is 0 Å². The van der Waals surface area contributed by atoms with Crippen LogP contribution in [0.15, 0.2) is 37.2 Å². The van der Waals surface area contributed by atoms with Gasteiger partial charge in [0.1, 0.15) is 0 Å². The largest absolute Gasteiger partial charge is 0.355 e. The molecule has 0 radical (unpaired) electrons. The third-order valence-electron chi connectivity index (χ3n) is 1.19. The minimum absolute atomic E-state index is 1.14. The van der Waals surface area contributed by atoms with Gasteiger partial charge in [-0.05, 0) is 19.2 Å². The Hall–Kier alpha value is -0.980. The van der Waals surface area contributed by atoms with Crippen LogP contribution in [0.2, 0.25) is 0 Å². The van der Waals surface area contributed by atoms with E-state index in [9.17, 15) is 0 Å². The van der Waals surface area contributed by atoms with E-state index in [4.69, 9.17) is 0 Å². The normalized spacial score (nSPS) is 10.7. The monoisotopic (exact) mass is 123 g/mol. The number of allylic oxidation sites excluding steroid dienone is 3. The molecule has 0 aliphatic rings. The number of rotatable bonds is 3. The molecule has 1 nitrogen and oxygen atoms in total. The van der Waals surface area contributed by atoms with Crippen molar-refractivity contribution in [3.8, 4) is 0 Å².